The van der Waals surface area contributed by atoms with Gasteiger partial charge in [-0.1, -0.05) is 6.07 Å². The Morgan fingerprint density at radius 1 is 1.47 bits per heavy atom. The van der Waals surface area contributed by atoms with Gasteiger partial charge in [-0.25, -0.2) is 9.78 Å². The molecule has 0 spiro atoms. The molecule has 0 aliphatic rings. The molecule has 0 aliphatic heterocycles. The molecule has 17 heavy (non-hydrogen) atoms. The predicted octanol–water partition coefficient (Wildman–Crippen LogP) is 1.50. The molecule has 2 heterocycles. The molecule has 0 aromatic carbocycles. The Hall–Kier alpha value is -2.30. The van der Waals surface area contributed by atoms with Crippen LogP contribution < -0.4 is 4.90 Å². The van der Waals surface area contributed by atoms with Gasteiger partial charge >= 0.3 is 5.97 Å². The highest BCUT2D eigenvalue weighted by molar-refractivity contribution is 5.86. The lowest BCUT2D eigenvalue weighted by atomic mass is 10.3. The Balaban J connectivity index is 2.63. The first-order chi connectivity index (χ1) is 8.09. The predicted molar refractivity (Wildman–Crippen MR) is 66.2 cm³/mol. The molecule has 88 valence electrons. The Kier molecular flexibility index (Phi) is 2.82. The summed E-state index contributed by atoms with van der Waals surface area (Å²) in [4.78, 5) is 16.9. The van der Waals surface area contributed by atoms with Crippen LogP contribution in [-0.2, 0) is 4.79 Å². The molecule has 0 aliphatic carbocycles. The fourth-order valence-electron chi connectivity index (χ4n) is 1.64. The van der Waals surface area contributed by atoms with Gasteiger partial charge in [0.05, 0.1) is 5.69 Å². The van der Waals surface area contributed by atoms with Crippen molar-refractivity contribution in [2.75, 3.05) is 19.0 Å². The average Bonchev–Trinajstić information content (AvgIpc) is 2.65. The van der Waals surface area contributed by atoms with E-state index in [2.05, 4.69) is 4.98 Å². The number of pyridine rings is 1. The number of carbonyl (C=O) groups is 1. The second-order valence-corrected chi connectivity index (χ2v) is 3.82. The summed E-state index contributed by atoms with van der Waals surface area (Å²) in [6.45, 7) is 0. The third kappa shape index (κ3) is 2.13. The molecule has 0 unspecified atom stereocenters. The maximum absolute atomic E-state index is 10.6. The van der Waals surface area contributed by atoms with E-state index in [1.807, 2.05) is 47.8 Å². The van der Waals surface area contributed by atoms with E-state index < -0.39 is 5.97 Å². The van der Waals surface area contributed by atoms with Gasteiger partial charge < -0.3 is 10.0 Å². The van der Waals surface area contributed by atoms with Gasteiger partial charge in [-0.05, 0) is 18.2 Å². The van der Waals surface area contributed by atoms with E-state index in [9.17, 15) is 4.79 Å². The van der Waals surface area contributed by atoms with Gasteiger partial charge in [0.1, 0.15) is 5.65 Å². The van der Waals surface area contributed by atoms with E-state index in [0.29, 0.717) is 0 Å². The second kappa shape index (κ2) is 4.29. The standard InChI is InChI=1S/C12H13N3O2/c1-14(2)12-9(6-7-11(16)17)15-8-4-3-5-10(15)13-12/h3-8H,1-2H3,(H,16,17)/b7-6+. The maximum atomic E-state index is 10.6. The molecule has 5 heteroatoms. The van der Waals surface area contributed by atoms with Gasteiger partial charge in [-0.2, -0.15) is 0 Å². The highest BCUT2D eigenvalue weighted by Gasteiger charge is 2.10. The third-order valence-electron chi connectivity index (χ3n) is 2.35. The van der Waals surface area contributed by atoms with Crippen molar-refractivity contribution in [1.82, 2.24) is 9.38 Å². The molecule has 0 atom stereocenters. The molecule has 2 rings (SSSR count). The van der Waals surface area contributed by atoms with Crippen LogP contribution in [0.15, 0.2) is 30.5 Å². The highest BCUT2D eigenvalue weighted by atomic mass is 16.4. The van der Waals surface area contributed by atoms with E-state index in [-0.39, 0.29) is 0 Å². The van der Waals surface area contributed by atoms with E-state index in [1.54, 1.807) is 6.08 Å². The van der Waals surface area contributed by atoms with Gasteiger partial charge in [-0.3, -0.25) is 4.40 Å². The quantitative estimate of drug-likeness (QED) is 0.813. The summed E-state index contributed by atoms with van der Waals surface area (Å²) in [5, 5.41) is 8.68. The first kappa shape index (κ1) is 11.2. The molecule has 5 nitrogen and oxygen atoms in total. The smallest absolute Gasteiger partial charge is 0.328 e. The zero-order chi connectivity index (χ0) is 12.4. The SMILES string of the molecule is CN(C)c1nc2ccccn2c1/C=C/C(=O)O. The monoisotopic (exact) mass is 231 g/mol. The molecular weight excluding hydrogens is 218 g/mol. The van der Waals surface area contributed by atoms with Gasteiger partial charge in [0.15, 0.2) is 5.82 Å². The first-order valence-electron chi connectivity index (χ1n) is 5.15. The molecule has 0 fully saturated rings. The van der Waals surface area contributed by atoms with Crippen LogP contribution in [0.4, 0.5) is 5.82 Å². The van der Waals surface area contributed by atoms with Crippen LogP contribution in [0.1, 0.15) is 5.69 Å². The van der Waals surface area contributed by atoms with Crippen LogP contribution in [-0.4, -0.2) is 34.6 Å². The third-order valence-corrected chi connectivity index (χ3v) is 2.35. The van der Waals surface area contributed by atoms with Crippen LogP contribution in [0, 0.1) is 0 Å². The lowest BCUT2D eigenvalue weighted by molar-refractivity contribution is -0.131. The molecule has 2 aromatic rings. The lowest BCUT2D eigenvalue weighted by Crippen LogP contribution is -2.10. The first-order valence-corrected chi connectivity index (χ1v) is 5.15. The van der Waals surface area contributed by atoms with Crippen molar-refractivity contribution < 1.29 is 9.90 Å². The summed E-state index contributed by atoms with van der Waals surface area (Å²) >= 11 is 0. The van der Waals surface area contributed by atoms with Crippen molar-refractivity contribution in [3.63, 3.8) is 0 Å². The van der Waals surface area contributed by atoms with Gasteiger partial charge in [0.25, 0.3) is 0 Å². The summed E-state index contributed by atoms with van der Waals surface area (Å²) in [6.07, 6.45) is 4.53. The number of nitrogens with zero attached hydrogens (tertiary/aromatic N) is 3. The van der Waals surface area contributed by atoms with Crippen LogP contribution >= 0.6 is 0 Å². The number of hydrogen-bond acceptors (Lipinski definition) is 3. The minimum atomic E-state index is -0.972. The summed E-state index contributed by atoms with van der Waals surface area (Å²) in [7, 11) is 3.75. The van der Waals surface area contributed by atoms with Crippen LogP contribution in [0.5, 0.6) is 0 Å². The number of rotatable bonds is 3. The summed E-state index contributed by atoms with van der Waals surface area (Å²) < 4.78 is 1.86. The van der Waals surface area contributed by atoms with E-state index in [1.165, 1.54) is 0 Å². The van der Waals surface area contributed by atoms with Gasteiger partial charge in [-0.15, -0.1) is 0 Å². The Labute approximate surface area is 98.6 Å². The van der Waals surface area contributed by atoms with Crippen molar-refractivity contribution in [1.29, 1.82) is 0 Å². The number of aliphatic carboxylic acids is 1. The number of fused-ring (bicyclic) bond motifs is 1. The fraction of sp³-hybridized carbons (Fsp3) is 0.167. The molecule has 0 saturated carbocycles. The number of carboxylic acids is 1. The summed E-state index contributed by atoms with van der Waals surface area (Å²) in [6, 6.07) is 5.66. The Bertz CT molecular complexity index is 584. The van der Waals surface area contributed by atoms with Crippen molar-refractivity contribution in [2.45, 2.75) is 0 Å². The van der Waals surface area contributed by atoms with Crippen molar-refractivity contribution in [3.05, 3.63) is 36.2 Å². The summed E-state index contributed by atoms with van der Waals surface area (Å²) in [5.41, 5.74) is 1.55. The van der Waals surface area contributed by atoms with Gasteiger partial charge in [0, 0.05) is 26.4 Å². The topological polar surface area (TPSA) is 57.8 Å². The van der Waals surface area contributed by atoms with Crippen molar-refractivity contribution >= 4 is 23.5 Å². The number of aromatic nitrogens is 2. The van der Waals surface area contributed by atoms with Crippen molar-refractivity contribution in [3.8, 4) is 0 Å². The van der Waals surface area contributed by atoms with Crippen LogP contribution in [0.2, 0.25) is 0 Å². The van der Waals surface area contributed by atoms with Gasteiger partial charge in [0.2, 0.25) is 0 Å². The maximum Gasteiger partial charge on any atom is 0.328 e. The normalized spacial score (nSPS) is 11.2. The zero-order valence-electron chi connectivity index (χ0n) is 9.66. The number of anilines is 1. The fourth-order valence-corrected chi connectivity index (χ4v) is 1.64. The second-order valence-electron chi connectivity index (χ2n) is 3.82. The largest absolute Gasteiger partial charge is 0.478 e. The Morgan fingerprint density at radius 3 is 2.88 bits per heavy atom. The minimum Gasteiger partial charge on any atom is -0.478 e. The molecular formula is C12H13N3O2. The minimum absolute atomic E-state index is 0.744. The Morgan fingerprint density at radius 2 is 2.24 bits per heavy atom. The summed E-state index contributed by atoms with van der Waals surface area (Å²) in [5.74, 6) is -0.228. The molecule has 2 aromatic heterocycles. The number of hydrogen-bond donors (Lipinski definition) is 1. The zero-order valence-corrected chi connectivity index (χ0v) is 9.66. The van der Waals surface area contributed by atoms with E-state index in [0.717, 1.165) is 23.2 Å². The van der Waals surface area contributed by atoms with Crippen molar-refractivity contribution in [2.24, 2.45) is 0 Å². The molecule has 0 radical (unpaired) electrons. The van der Waals surface area contributed by atoms with Crippen LogP contribution in [0.25, 0.3) is 11.7 Å². The average molecular weight is 231 g/mol. The molecule has 0 bridgehead atoms. The molecule has 0 amide bonds. The number of carboxylic acid groups (broad SMARTS) is 1. The molecule has 1 N–H and O–H groups in total. The highest BCUT2D eigenvalue weighted by Crippen LogP contribution is 2.21. The van der Waals surface area contributed by atoms with E-state index in [4.69, 9.17) is 5.11 Å². The molecule has 0 saturated heterocycles. The van der Waals surface area contributed by atoms with E-state index >= 15 is 0 Å². The lowest BCUT2D eigenvalue weighted by Gasteiger charge is -2.09. The number of imidazole rings is 1. The van der Waals surface area contributed by atoms with Crippen LogP contribution in [0.3, 0.4) is 0 Å².